The van der Waals surface area contributed by atoms with Gasteiger partial charge in [0.2, 0.25) is 5.91 Å². The predicted octanol–water partition coefficient (Wildman–Crippen LogP) is 4.48. The van der Waals surface area contributed by atoms with Crippen molar-refractivity contribution < 1.29 is 13.2 Å². The second-order valence-corrected chi connectivity index (χ2v) is 9.75. The van der Waals surface area contributed by atoms with Crippen LogP contribution in [-0.2, 0) is 21.2 Å². The second-order valence-electron chi connectivity index (χ2n) is 7.89. The third-order valence-electron chi connectivity index (χ3n) is 5.65. The first-order chi connectivity index (χ1) is 14.9. The number of anilines is 2. The van der Waals surface area contributed by atoms with Crippen molar-refractivity contribution in [2.45, 2.75) is 31.6 Å². The Morgan fingerprint density at radius 3 is 2.45 bits per heavy atom. The number of benzene rings is 3. The quantitative estimate of drug-likeness (QED) is 0.595. The Morgan fingerprint density at radius 2 is 1.68 bits per heavy atom. The van der Waals surface area contributed by atoms with Gasteiger partial charge in [-0.1, -0.05) is 48.5 Å². The van der Waals surface area contributed by atoms with E-state index < -0.39 is 10.0 Å². The number of nitrogens with zero attached hydrogens (tertiary/aromatic N) is 2. The highest BCUT2D eigenvalue weighted by Crippen LogP contribution is 2.30. The van der Waals surface area contributed by atoms with Crippen LogP contribution in [0.5, 0.6) is 0 Å². The van der Waals surface area contributed by atoms with Crippen LogP contribution in [0.2, 0.25) is 0 Å². The Morgan fingerprint density at radius 1 is 0.968 bits per heavy atom. The topological polar surface area (TPSA) is 57.7 Å². The van der Waals surface area contributed by atoms with Crippen molar-refractivity contribution in [2.75, 3.05) is 22.3 Å². The highest BCUT2D eigenvalue weighted by atomic mass is 32.2. The molecule has 0 fully saturated rings. The van der Waals surface area contributed by atoms with Gasteiger partial charge >= 0.3 is 0 Å². The van der Waals surface area contributed by atoms with Crippen molar-refractivity contribution >= 4 is 27.3 Å². The Kier molecular flexibility index (Phi) is 5.83. The van der Waals surface area contributed by atoms with Crippen molar-refractivity contribution in [3.8, 4) is 0 Å². The van der Waals surface area contributed by atoms with Crippen molar-refractivity contribution in [3.05, 3.63) is 89.5 Å². The number of sulfonamides is 1. The summed E-state index contributed by atoms with van der Waals surface area (Å²) in [7, 11) is -3.92. The lowest BCUT2D eigenvalue weighted by Gasteiger charge is -2.32. The van der Waals surface area contributed by atoms with Crippen LogP contribution >= 0.6 is 0 Å². The smallest absolute Gasteiger partial charge is 0.264 e. The third-order valence-corrected chi connectivity index (χ3v) is 7.43. The highest BCUT2D eigenvalue weighted by molar-refractivity contribution is 7.92. The molecule has 0 spiro atoms. The van der Waals surface area contributed by atoms with Crippen LogP contribution in [0.1, 0.15) is 23.1 Å². The molecule has 0 atom stereocenters. The van der Waals surface area contributed by atoms with Gasteiger partial charge in [0.15, 0.2) is 0 Å². The summed E-state index contributed by atoms with van der Waals surface area (Å²) in [6.45, 7) is 4.11. The summed E-state index contributed by atoms with van der Waals surface area (Å²) >= 11 is 0. The maximum atomic E-state index is 13.6. The summed E-state index contributed by atoms with van der Waals surface area (Å²) in [5, 5.41) is 0. The minimum absolute atomic E-state index is 0.169. The number of hydrogen-bond donors (Lipinski definition) is 0. The molecule has 0 saturated heterocycles. The summed E-state index contributed by atoms with van der Waals surface area (Å²) < 4.78 is 28.5. The summed E-state index contributed by atoms with van der Waals surface area (Å²) in [4.78, 5) is 15.3. The lowest BCUT2D eigenvalue weighted by atomic mass is 10.0. The van der Waals surface area contributed by atoms with Crippen molar-refractivity contribution in [3.63, 3.8) is 0 Å². The molecule has 6 heteroatoms. The van der Waals surface area contributed by atoms with Crippen LogP contribution in [0.15, 0.2) is 77.7 Å². The SMILES string of the molecule is Cc1ccc(C)c(N(CC(=O)N2CCCc3ccccc32)S(=O)(=O)c2ccccc2)c1. The number of aryl methyl sites for hydroxylation is 3. The fourth-order valence-corrected chi connectivity index (χ4v) is 5.50. The molecule has 4 rings (SSSR count). The molecule has 3 aromatic carbocycles. The lowest BCUT2D eigenvalue weighted by molar-refractivity contribution is -0.117. The first kappa shape index (κ1) is 21.1. The summed E-state index contributed by atoms with van der Waals surface area (Å²) in [6.07, 6.45) is 1.78. The van der Waals surface area contributed by atoms with Gasteiger partial charge in [0.25, 0.3) is 10.0 Å². The van der Waals surface area contributed by atoms with Crippen LogP contribution < -0.4 is 9.21 Å². The number of carbonyl (C=O) groups excluding carboxylic acids is 1. The molecule has 0 aromatic heterocycles. The van der Waals surface area contributed by atoms with Crippen LogP contribution in [0.25, 0.3) is 0 Å². The minimum Gasteiger partial charge on any atom is -0.311 e. The number of hydrogen-bond acceptors (Lipinski definition) is 3. The molecule has 0 saturated carbocycles. The fourth-order valence-electron chi connectivity index (χ4n) is 4.01. The van der Waals surface area contributed by atoms with Gasteiger partial charge in [0.05, 0.1) is 10.6 Å². The number of amides is 1. The van der Waals surface area contributed by atoms with E-state index in [0.717, 1.165) is 35.2 Å². The molecule has 0 unspecified atom stereocenters. The van der Waals surface area contributed by atoms with E-state index in [2.05, 4.69) is 0 Å². The molecular formula is C25H26N2O3S. The average Bonchev–Trinajstić information content (AvgIpc) is 2.79. The Balaban J connectivity index is 1.76. The summed E-state index contributed by atoms with van der Waals surface area (Å²) in [6, 6.07) is 21.8. The molecule has 0 radical (unpaired) electrons. The second kappa shape index (κ2) is 8.55. The summed E-state index contributed by atoms with van der Waals surface area (Å²) in [5.41, 5.74) is 4.26. The molecular weight excluding hydrogens is 408 g/mol. The molecule has 1 aliphatic heterocycles. The lowest BCUT2D eigenvalue weighted by Crippen LogP contribution is -2.45. The van der Waals surface area contributed by atoms with Gasteiger partial charge in [-0.2, -0.15) is 0 Å². The van der Waals surface area contributed by atoms with Gasteiger partial charge in [-0.15, -0.1) is 0 Å². The van der Waals surface area contributed by atoms with Gasteiger partial charge in [-0.05, 0) is 67.6 Å². The molecule has 31 heavy (non-hydrogen) atoms. The number of fused-ring (bicyclic) bond motifs is 1. The van der Waals surface area contributed by atoms with Crippen molar-refractivity contribution in [1.82, 2.24) is 0 Å². The molecule has 5 nitrogen and oxygen atoms in total. The Labute approximate surface area is 184 Å². The van der Waals surface area contributed by atoms with Crippen LogP contribution in [0.4, 0.5) is 11.4 Å². The van der Waals surface area contributed by atoms with Crippen molar-refractivity contribution in [1.29, 1.82) is 0 Å². The van der Waals surface area contributed by atoms with Gasteiger partial charge in [-0.25, -0.2) is 8.42 Å². The molecule has 0 N–H and O–H groups in total. The van der Waals surface area contributed by atoms with Gasteiger partial charge < -0.3 is 4.90 Å². The first-order valence-corrected chi connectivity index (χ1v) is 11.9. The standard InChI is InChI=1S/C25H26N2O3S/c1-19-14-15-20(2)24(17-19)27(31(29,30)22-11-4-3-5-12-22)18-25(28)26-16-8-10-21-9-6-7-13-23(21)26/h3-7,9,11-15,17H,8,10,16,18H2,1-2H3. The number of para-hydroxylation sites is 1. The fraction of sp³-hybridized carbons (Fsp3) is 0.240. The summed E-state index contributed by atoms with van der Waals surface area (Å²) in [5.74, 6) is -0.229. The van der Waals surface area contributed by atoms with E-state index in [4.69, 9.17) is 0 Å². The van der Waals surface area contributed by atoms with E-state index >= 15 is 0 Å². The third kappa shape index (κ3) is 4.21. The zero-order valence-corrected chi connectivity index (χ0v) is 18.6. The van der Waals surface area contributed by atoms with Crippen molar-refractivity contribution in [2.24, 2.45) is 0 Å². The molecule has 3 aromatic rings. The van der Waals surface area contributed by atoms with E-state index in [0.29, 0.717) is 12.2 Å². The first-order valence-electron chi connectivity index (χ1n) is 10.4. The maximum Gasteiger partial charge on any atom is 0.264 e. The zero-order valence-electron chi connectivity index (χ0n) is 17.8. The van der Waals surface area contributed by atoms with Gasteiger partial charge in [0.1, 0.15) is 6.54 Å². The van der Waals surface area contributed by atoms with Crippen LogP contribution in [0.3, 0.4) is 0 Å². The van der Waals surface area contributed by atoms with E-state index in [1.54, 1.807) is 35.2 Å². The molecule has 0 bridgehead atoms. The Hall–Kier alpha value is -3.12. The Bertz CT molecular complexity index is 1210. The van der Waals surface area contributed by atoms with E-state index in [1.807, 2.05) is 56.3 Å². The van der Waals surface area contributed by atoms with E-state index in [9.17, 15) is 13.2 Å². The van der Waals surface area contributed by atoms with Crippen LogP contribution in [0, 0.1) is 13.8 Å². The zero-order chi connectivity index (χ0) is 22.0. The minimum atomic E-state index is -3.92. The van der Waals surface area contributed by atoms with Crippen LogP contribution in [-0.4, -0.2) is 27.4 Å². The molecule has 1 amide bonds. The predicted molar refractivity (Wildman–Crippen MR) is 124 cm³/mol. The number of rotatable bonds is 5. The molecule has 1 heterocycles. The number of carbonyl (C=O) groups is 1. The van der Waals surface area contributed by atoms with Gasteiger partial charge in [0, 0.05) is 12.2 Å². The largest absolute Gasteiger partial charge is 0.311 e. The normalized spacial score (nSPS) is 13.5. The molecule has 1 aliphatic rings. The maximum absolute atomic E-state index is 13.6. The average molecular weight is 435 g/mol. The highest BCUT2D eigenvalue weighted by Gasteiger charge is 2.31. The van der Waals surface area contributed by atoms with E-state index in [-0.39, 0.29) is 17.3 Å². The molecule has 160 valence electrons. The monoisotopic (exact) mass is 434 g/mol. The molecule has 0 aliphatic carbocycles. The van der Waals surface area contributed by atoms with Gasteiger partial charge in [-0.3, -0.25) is 9.10 Å². The van der Waals surface area contributed by atoms with E-state index in [1.165, 1.54) is 4.31 Å².